The Kier molecular flexibility index (Phi) is 6.77. The lowest BCUT2D eigenvalue weighted by Gasteiger charge is -2.04. The van der Waals surface area contributed by atoms with Gasteiger partial charge in [-0.3, -0.25) is 4.98 Å². The van der Waals surface area contributed by atoms with Crippen LogP contribution in [0, 0.1) is 6.92 Å². The summed E-state index contributed by atoms with van der Waals surface area (Å²) in [6.45, 7) is 6.93. The highest BCUT2D eigenvalue weighted by Crippen LogP contribution is 2.01. The van der Waals surface area contributed by atoms with E-state index in [0.717, 1.165) is 37.4 Å². The second kappa shape index (κ2) is 8.25. The maximum atomic E-state index is 5.43. The van der Waals surface area contributed by atoms with E-state index in [1.807, 2.05) is 26.0 Å². The molecule has 90 valence electrons. The van der Waals surface area contributed by atoms with Crippen LogP contribution >= 0.6 is 0 Å². The van der Waals surface area contributed by atoms with Crippen molar-refractivity contribution in [2.75, 3.05) is 26.4 Å². The Labute approximate surface area is 97.8 Å². The highest BCUT2D eigenvalue weighted by Gasteiger charge is 1.95. The van der Waals surface area contributed by atoms with Gasteiger partial charge in [0, 0.05) is 24.6 Å². The average Bonchev–Trinajstić information content (AvgIpc) is 2.28. The molecule has 0 amide bonds. The molecule has 0 aliphatic carbocycles. The third kappa shape index (κ3) is 5.83. The minimum Gasteiger partial charge on any atom is -0.379 e. The summed E-state index contributed by atoms with van der Waals surface area (Å²) >= 11 is 0. The summed E-state index contributed by atoms with van der Waals surface area (Å²) in [5.74, 6) is 0. The van der Waals surface area contributed by atoms with Gasteiger partial charge in [-0.25, -0.2) is 0 Å². The number of aromatic nitrogens is 1. The number of aryl methyl sites for hydroxylation is 2. The molecule has 0 aromatic carbocycles. The summed E-state index contributed by atoms with van der Waals surface area (Å²) in [5, 5.41) is 0. The molecule has 1 heterocycles. The molecule has 0 radical (unpaired) electrons. The Bertz CT molecular complexity index is 289. The van der Waals surface area contributed by atoms with Gasteiger partial charge in [-0.15, -0.1) is 0 Å². The van der Waals surface area contributed by atoms with Gasteiger partial charge in [-0.1, -0.05) is 6.07 Å². The number of hydrogen-bond acceptors (Lipinski definition) is 3. The Morgan fingerprint density at radius 2 is 1.94 bits per heavy atom. The van der Waals surface area contributed by atoms with Crippen molar-refractivity contribution in [1.82, 2.24) is 4.98 Å². The molecule has 0 aliphatic rings. The quantitative estimate of drug-likeness (QED) is 0.634. The first-order chi connectivity index (χ1) is 7.83. The molecule has 1 rings (SSSR count). The molecular weight excluding hydrogens is 202 g/mol. The van der Waals surface area contributed by atoms with Crippen molar-refractivity contribution >= 4 is 0 Å². The lowest BCUT2D eigenvalue weighted by atomic mass is 10.2. The van der Waals surface area contributed by atoms with E-state index in [-0.39, 0.29) is 0 Å². The van der Waals surface area contributed by atoms with Crippen LogP contribution in [0.15, 0.2) is 18.2 Å². The van der Waals surface area contributed by atoms with Gasteiger partial charge in [0.25, 0.3) is 0 Å². The second-order valence-corrected chi connectivity index (χ2v) is 3.68. The van der Waals surface area contributed by atoms with E-state index in [1.54, 1.807) is 0 Å². The van der Waals surface area contributed by atoms with Crippen molar-refractivity contribution < 1.29 is 9.47 Å². The van der Waals surface area contributed by atoms with Gasteiger partial charge in [0.1, 0.15) is 0 Å². The smallest absolute Gasteiger partial charge is 0.0700 e. The normalized spacial score (nSPS) is 10.6. The Morgan fingerprint density at radius 1 is 1.12 bits per heavy atom. The summed E-state index contributed by atoms with van der Waals surface area (Å²) in [7, 11) is 0. The zero-order valence-corrected chi connectivity index (χ0v) is 10.2. The first-order valence-electron chi connectivity index (χ1n) is 5.91. The van der Waals surface area contributed by atoms with Crippen LogP contribution in [-0.4, -0.2) is 31.4 Å². The van der Waals surface area contributed by atoms with Crippen LogP contribution in [0.3, 0.4) is 0 Å². The van der Waals surface area contributed by atoms with Gasteiger partial charge in [0.15, 0.2) is 0 Å². The third-order valence-corrected chi connectivity index (χ3v) is 2.24. The zero-order valence-electron chi connectivity index (χ0n) is 10.2. The highest BCUT2D eigenvalue weighted by atomic mass is 16.5. The van der Waals surface area contributed by atoms with E-state index in [4.69, 9.17) is 9.47 Å². The van der Waals surface area contributed by atoms with Crippen LogP contribution in [0.25, 0.3) is 0 Å². The van der Waals surface area contributed by atoms with Crippen LogP contribution in [0.5, 0.6) is 0 Å². The standard InChI is InChI=1S/C13H21NO2/c1-3-15-10-11-16-9-5-8-13-7-4-6-12(2)14-13/h4,6-7H,3,5,8-11H2,1-2H3. The summed E-state index contributed by atoms with van der Waals surface area (Å²) in [6.07, 6.45) is 2.00. The van der Waals surface area contributed by atoms with E-state index in [9.17, 15) is 0 Å². The first-order valence-corrected chi connectivity index (χ1v) is 5.91. The van der Waals surface area contributed by atoms with Crippen molar-refractivity contribution in [2.24, 2.45) is 0 Å². The maximum Gasteiger partial charge on any atom is 0.0700 e. The van der Waals surface area contributed by atoms with Crippen molar-refractivity contribution in [2.45, 2.75) is 26.7 Å². The van der Waals surface area contributed by atoms with Crippen molar-refractivity contribution in [3.63, 3.8) is 0 Å². The fourth-order valence-electron chi connectivity index (χ4n) is 1.46. The summed E-state index contributed by atoms with van der Waals surface area (Å²) < 4.78 is 10.6. The molecule has 0 saturated heterocycles. The topological polar surface area (TPSA) is 31.4 Å². The SMILES string of the molecule is CCOCCOCCCc1cccc(C)n1. The van der Waals surface area contributed by atoms with Gasteiger partial charge in [0.2, 0.25) is 0 Å². The largest absolute Gasteiger partial charge is 0.379 e. The molecule has 1 aromatic rings. The number of nitrogens with zero attached hydrogens (tertiary/aromatic N) is 1. The Hall–Kier alpha value is -0.930. The third-order valence-electron chi connectivity index (χ3n) is 2.24. The molecule has 0 bridgehead atoms. The fourth-order valence-corrected chi connectivity index (χ4v) is 1.46. The molecule has 0 atom stereocenters. The van der Waals surface area contributed by atoms with Gasteiger partial charge in [-0.2, -0.15) is 0 Å². The predicted octanol–water partition coefficient (Wildman–Crippen LogP) is 2.38. The molecule has 0 aliphatic heterocycles. The van der Waals surface area contributed by atoms with E-state index in [1.165, 1.54) is 0 Å². The summed E-state index contributed by atoms with van der Waals surface area (Å²) in [5.41, 5.74) is 2.23. The molecule has 0 fully saturated rings. The molecule has 16 heavy (non-hydrogen) atoms. The Balaban J connectivity index is 2.03. The summed E-state index contributed by atoms with van der Waals surface area (Å²) in [4.78, 5) is 4.44. The van der Waals surface area contributed by atoms with E-state index >= 15 is 0 Å². The van der Waals surface area contributed by atoms with Gasteiger partial charge in [0.05, 0.1) is 13.2 Å². The van der Waals surface area contributed by atoms with Crippen LogP contribution in [-0.2, 0) is 15.9 Å². The molecule has 0 spiro atoms. The number of rotatable bonds is 8. The molecular formula is C13H21NO2. The van der Waals surface area contributed by atoms with Crippen LogP contribution in [0.4, 0.5) is 0 Å². The van der Waals surface area contributed by atoms with E-state index in [2.05, 4.69) is 11.1 Å². The van der Waals surface area contributed by atoms with Crippen molar-refractivity contribution in [1.29, 1.82) is 0 Å². The average molecular weight is 223 g/mol. The van der Waals surface area contributed by atoms with Crippen LogP contribution < -0.4 is 0 Å². The maximum absolute atomic E-state index is 5.43. The van der Waals surface area contributed by atoms with E-state index in [0.29, 0.717) is 13.2 Å². The van der Waals surface area contributed by atoms with Gasteiger partial charge >= 0.3 is 0 Å². The number of ether oxygens (including phenoxy) is 2. The minimum absolute atomic E-state index is 0.690. The minimum atomic E-state index is 0.690. The summed E-state index contributed by atoms with van der Waals surface area (Å²) in [6, 6.07) is 6.13. The first kappa shape index (κ1) is 13.1. The molecule has 0 N–H and O–H groups in total. The van der Waals surface area contributed by atoms with E-state index < -0.39 is 0 Å². The van der Waals surface area contributed by atoms with Gasteiger partial charge in [-0.05, 0) is 38.8 Å². The van der Waals surface area contributed by atoms with Gasteiger partial charge < -0.3 is 9.47 Å². The monoisotopic (exact) mass is 223 g/mol. The number of pyridine rings is 1. The highest BCUT2D eigenvalue weighted by molar-refractivity contribution is 5.09. The molecule has 3 nitrogen and oxygen atoms in total. The van der Waals surface area contributed by atoms with Crippen LogP contribution in [0.2, 0.25) is 0 Å². The van der Waals surface area contributed by atoms with Crippen LogP contribution in [0.1, 0.15) is 24.7 Å². The molecule has 0 unspecified atom stereocenters. The lowest BCUT2D eigenvalue weighted by Crippen LogP contribution is -2.05. The zero-order chi connectivity index (χ0) is 11.6. The Morgan fingerprint density at radius 3 is 2.69 bits per heavy atom. The molecule has 3 heteroatoms. The predicted molar refractivity (Wildman–Crippen MR) is 64.6 cm³/mol. The second-order valence-electron chi connectivity index (χ2n) is 3.68. The van der Waals surface area contributed by atoms with Crippen molar-refractivity contribution in [3.8, 4) is 0 Å². The number of hydrogen-bond donors (Lipinski definition) is 0. The lowest BCUT2D eigenvalue weighted by molar-refractivity contribution is 0.0519. The molecule has 1 aromatic heterocycles. The fraction of sp³-hybridized carbons (Fsp3) is 0.615. The van der Waals surface area contributed by atoms with Crippen molar-refractivity contribution in [3.05, 3.63) is 29.6 Å². The molecule has 0 saturated carbocycles.